The van der Waals surface area contributed by atoms with Crippen LogP contribution in [0.15, 0.2) is 27.6 Å². The minimum Gasteiger partial charge on any atom is -0.444 e. The van der Waals surface area contributed by atoms with Crippen LogP contribution in [-0.2, 0) is 16.6 Å². The molecular formula is C18H27FIN5O3S. The lowest BCUT2D eigenvalue weighted by molar-refractivity contribution is 0.473. The molecule has 2 rings (SSSR count). The Balaban J connectivity index is 0.00000420. The maximum absolute atomic E-state index is 13.6. The smallest absolute Gasteiger partial charge is 0.234 e. The van der Waals surface area contributed by atoms with Gasteiger partial charge in [-0.15, -0.1) is 24.0 Å². The number of nitrogens with zero attached hydrogens (tertiary/aromatic N) is 2. The molecular weight excluding hydrogens is 512 g/mol. The molecule has 0 unspecified atom stereocenters. The first-order valence-corrected chi connectivity index (χ1v) is 10.6. The second-order valence-corrected chi connectivity index (χ2v) is 8.10. The van der Waals surface area contributed by atoms with Crippen molar-refractivity contribution in [3.63, 3.8) is 0 Å². The Hall–Kier alpha value is -1.89. The van der Waals surface area contributed by atoms with Crippen LogP contribution in [0.1, 0.15) is 29.8 Å². The van der Waals surface area contributed by atoms with Crippen LogP contribution in [0.3, 0.4) is 0 Å². The molecule has 1 aromatic heterocycles. The number of aromatic nitrogens is 1. The van der Waals surface area contributed by atoms with Crippen molar-refractivity contribution >= 4 is 45.6 Å². The van der Waals surface area contributed by atoms with E-state index in [1.165, 1.54) is 12.1 Å². The summed E-state index contributed by atoms with van der Waals surface area (Å²) in [6, 6.07) is 4.20. The Morgan fingerprint density at radius 1 is 1.24 bits per heavy atom. The highest BCUT2D eigenvalue weighted by Crippen LogP contribution is 2.15. The van der Waals surface area contributed by atoms with Gasteiger partial charge in [0.1, 0.15) is 18.1 Å². The Morgan fingerprint density at radius 2 is 1.97 bits per heavy atom. The number of hydrogen-bond donors (Lipinski definition) is 3. The van der Waals surface area contributed by atoms with E-state index in [1.807, 2.05) is 20.8 Å². The van der Waals surface area contributed by atoms with Gasteiger partial charge in [-0.05, 0) is 45.4 Å². The van der Waals surface area contributed by atoms with E-state index in [4.69, 9.17) is 4.42 Å². The molecule has 0 bridgehead atoms. The first-order chi connectivity index (χ1) is 13.2. The Kier molecular flexibility index (Phi) is 9.83. The molecule has 0 saturated carbocycles. The zero-order valence-electron chi connectivity index (χ0n) is 16.9. The number of oxazole rings is 1. The molecule has 11 heteroatoms. The summed E-state index contributed by atoms with van der Waals surface area (Å²) in [6.07, 6.45) is 0. The van der Waals surface area contributed by atoms with E-state index in [9.17, 15) is 12.8 Å². The van der Waals surface area contributed by atoms with Crippen molar-refractivity contribution in [3.05, 3.63) is 46.9 Å². The van der Waals surface area contributed by atoms with Crippen LogP contribution >= 0.6 is 24.0 Å². The predicted molar refractivity (Wildman–Crippen MR) is 123 cm³/mol. The van der Waals surface area contributed by atoms with Crippen LogP contribution < -0.4 is 15.4 Å². The predicted octanol–water partition coefficient (Wildman–Crippen LogP) is 2.85. The number of halogens is 2. The van der Waals surface area contributed by atoms with Crippen molar-refractivity contribution in [2.24, 2.45) is 4.99 Å². The lowest BCUT2D eigenvalue weighted by Gasteiger charge is -2.12. The number of guanidine groups is 1. The summed E-state index contributed by atoms with van der Waals surface area (Å²) >= 11 is 0. The zero-order valence-corrected chi connectivity index (χ0v) is 20.0. The first-order valence-electron chi connectivity index (χ1n) is 8.92. The Labute approximate surface area is 187 Å². The van der Waals surface area contributed by atoms with Gasteiger partial charge in [0.25, 0.3) is 0 Å². The number of anilines is 1. The van der Waals surface area contributed by atoms with E-state index < -0.39 is 15.8 Å². The van der Waals surface area contributed by atoms with Crippen molar-refractivity contribution < 1.29 is 17.2 Å². The molecule has 1 heterocycles. The quantitative estimate of drug-likeness (QED) is 0.271. The largest absolute Gasteiger partial charge is 0.444 e. The number of rotatable bonds is 8. The van der Waals surface area contributed by atoms with Gasteiger partial charge in [0, 0.05) is 13.1 Å². The molecule has 0 aliphatic heterocycles. The van der Waals surface area contributed by atoms with Gasteiger partial charge in [-0.25, -0.2) is 22.8 Å². The van der Waals surface area contributed by atoms with E-state index in [2.05, 4.69) is 25.3 Å². The highest BCUT2D eigenvalue weighted by Gasteiger charge is 2.12. The number of aliphatic imine (C=N–C) groups is 1. The van der Waals surface area contributed by atoms with Crippen LogP contribution in [0.4, 0.5) is 10.1 Å². The average molecular weight is 539 g/mol. The van der Waals surface area contributed by atoms with E-state index in [1.54, 1.807) is 6.92 Å². The molecule has 0 amide bonds. The average Bonchev–Trinajstić information content (AvgIpc) is 2.93. The molecule has 0 aliphatic rings. The number of sulfonamides is 1. The van der Waals surface area contributed by atoms with E-state index in [0.717, 1.165) is 17.5 Å². The van der Waals surface area contributed by atoms with Gasteiger partial charge in [0.2, 0.25) is 15.9 Å². The fourth-order valence-corrected chi connectivity index (χ4v) is 3.24. The summed E-state index contributed by atoms with van der Waals surface area (Å²) in [4.78, 5) is 8.59. The summed E-state index contributed by atoms with van der Waals surface area (Å²) in [6.45, 7) is 8.17. The molecule has 29 heavy (non-hydrogen) atoms. The SMILES string of the molecule is CCNC(=NCc1nc(C)c(C)o1)NCCS(=O)(=O)Nc1ccc(C)c(F)c1.I. The third-order valence-corrected chi connectivity index (χ3v) is 5.19. The van der Waals surface area contributed by atoms with Crippen molar-refractivity contribution in [1.29, 1.82) is 0 Å². The van der Waals surface area contributed by atoms with Crippen LogP contribution in [0.25, 0.3) is 0 Å². The molecule has 0 aliphatic carbocycles. The van der Waals surface area contributed by atoms with Gasteiger partial charge in [0.05, 0.1) is 17.1 Å². The van der Waals surface area contributed by atoms with Crippen molar-refractivity contribution in [3.8, 4) is 0 Å². The zero-order chi connectivity index (χ0) is 20.7. The first kappa shape index (κ1) is 25.1. The van der Waals surface area contributed by atoms with Crippen LogP contribution in [0.5, 0.6) is 0 Å². The standard InChI is InChI=1S/C18H26FN5O3S.HI/c1-5-20-18(22-11-17-23-13(3)14(4)27-17)21-8-9-28(25,26)24-15-7-6-12(2)16(19)10-15;/h6-7,10,24H,5,8-9,11H2,1-4H3,(H2,20,21,22);1H. The molecule has 8 nitrogen and oxygen atoms in total. The van der Waals surface area contributed by atoms with Crippen molar-refractivity contribution in [1.82, 2.24) is 15.6 Å². The summed E-state index contributed by atoms with van der Waals surface area (Å²) in [5, 5.41) is 5.98. The van der Waals surface area contributed by atoms with Crippen LogP contribution in [0.2, 0.25) is 0 Å². The van der Waals surface area contributed by atoms with Gasteiger partial charge in [-0.2, -0.15) is 0 Å². The summed E-state index contributed by atoms with van der Waals surface area (Å²) in [5.74, 6) is 1.02. The van der Waals surface area contributed by atoms with Gasteiger partial charge in [-0.3, -0.25) is 4.72 Å². The van der Waals surface area contributed by atoms with Crippen LogP contribution in [0, 0.1) is 26.6 Å². The van der Waals surface area contributed by atoms with Crippen molar-refractivity contribution in [2.45, 2.75) is 34.2 Å². The molecule has 2 aromatic rings. The molecule has 3 N–H and O–H groups in total. The third-order valence-electron chi connectivity index (χ3n) is 3.90. The van der Waals surface area contributed by atoms with Crippen LogP contribution in [-0.4, -0.2) is 38.2 Å². The lowest BCUT2D eigenvalue weighted by Crippen LogP contribution is -2.40. The minimum absolute atomic E-state index is 0. The highest BCUT2D eigenvalue weighted by atomic mass is 127. The van der Waals surface area contributed by atoms with E-state index >= 15 is 0 Å². The monoisotopic (exact) mass is 539 g/mol. The molecule has 1 aromatic carbocycles. The fourth-order valence-electron chi connectivity index (χ4n) is 2.29. The van der Waals surface area contributed by atoms with E-state index in [-0.39, 0.29) is 48.5 Å². The summed E-state index contributed by atoms with van der Waals surface area (Å²) in [7, 11) is -3.64. The Morgan fingerprint density at radius 3 is 2.55 bits per heavy atom. The maximum atomic E-state index is 13.6. The highest BCUT2D eigenvalue weighted by molar-refractivity contribution is 14.0. The number of aryl methyl sites for hydroxylation is 3. The maximum Gasteiger partial charge on any atom is 0.234 e. The second kappa shape index (κ2) is 11.3. The molecule has 162 valence electrons. The lowest BCUT2D eigenvalue weighted by atomic mass is 10.2. The van der Waals surface area contributed by atoms with Gasteiger partial charge in [0.15, 0.2) is 5.96 Å². The topological polar surface area (TPSA) is 109 Å². The number of hydrogen-bond acceptors (Lipinski definition) is 5. The molecule has 0 fully saturated rings. The van der Waals surface area contributed by atoms with Gasteiger partial charge in [-0.1, -0.05) is 6.07 Å². The Bertz CT molecular complexity index is 927. The fraction of sp³-hybridized carbons (Fsp3) is 0.444. The summed E-state index contributed by atoms with van der Waals surface area (Å²) < 4.78 is 45.8. The second-order valence-electron chi connectivity index (χ2n) is 6.26. The van der Waals surface area contributed by atoms with E-state index in [0.29, 0.717) is 24.0 Å². The van der Waals surface area contributed by atoms with Gasteiger partial charge >= 0.3 is 0 Å². The third kappa shape index (κ3) is 8.17. The van der Waals surface area contributed by atoms with Crippen molar-refractivity contribution in [2.75, 3.05) is 23.6 Å². The number of nitrogens with one attached hydrogen (secondary N) is 3. The molecule has 0 radical (unpaired) electrons. The summed E-state index contributed by atoms with van der Waals surface area (Å²) in [5.41, 5.74) is 1.46. The number of benzene rings is 1. The minimum atomic E-state index is -3.64. The molecule has 0 spiro atoms. The van der Waals surface area contributed by atoms with Gasteiger partial charge < -0.3 is 15.1 Å². The molecule has 0 atom stereocenters. The normalized spacial score (nSPS) is 11.7. The molecule has 0 saturated heterocycles.